The van der Waals surface area contributed by atoms with Gasteiger partial charge in [0.1, 0.15) is 5.60 Å². The van der Waals surface area contributed by atoms with Crippen LogP contribution in [0.15, 0.2) is 119 Å². The summed E-state index contributed by atoms with van der Waals surface area (Å²) >= 11 is 0. The molecule has 0 aromatic carbocycles. The van der Waals surface area contributed by atoms with Crippen molar-refractivity contribution < 1.29 is 20.4 Å². The molecule has 2 aliphatic carbocycles. The summed E-state index contributed by atoms with van der Waals surface area (Å²) in [5.41, 5.74) is 3.44. The van der Waals surface area contributed by atoms with Gasteiger partial charge in [0.25, 0.3) is 0 Å². The van der Waals surface area contributed by atoms with Gasteiger partial charge in [-0.1, -0.05) is 135 Å². The van der Waals surface area contributed by atoms with E-state index < -0.39 is 22.7 Å². The third-order valence-electron chi connectivity index (χ3n) is 9.07. The van der Waals surface area contributed by atoms with Gasteiger partial charge in [0, 0.05) is 11.8 Å². The van der Waals surface area contributed by atoms with Crippen LogP contribution in [0.2, 0.25) is 0 Å². The number of rotatable bonds is 10. The van der Waals surface area contributed by atoms with Gasteiger partial charge in [0.2, 0.25) is 0 Å². The van der Waals surface area contributed by atoms with Crippen LogP contribution in [0.4, 0.5) is 0 Å². The summed E-state index contributed by atoms with van der Waals surface area (Å²) in [7, 11) is 0. The Bertz CT molecular complexity index is 1300. The van der Waals surface area contributed by atoms with E-state index in [-0.39, 0.29) is 17.9 Å². The molecule has 0 aromatic heterocycles. The van der Waals surface area contributed by atoms with Gasteiger partial charge in [0.15, 0.2) is 0 Å². The second-order valence-electron chi connectivity index (χ2n) is 14.5. The Morgan fingerprint density at radius 1 is 0.636 bits per heavy atom. The predicted octanol–water partition coefficient (Wildman–Crippen LogP) is 8.71. The molecule has 0 aromatic rings. The molecule has 1 saturated carbocycles. The molecule has 0 saturated heterocycles. The highest BCUT2D eigenvalue weighted by molar-refractivity contribution is 5.38. The molecule has 44 heavy (non-hydrogen) atoms. The highest BCUT2D eigenvalue weighted by Crippen LogP contribution is 2.50. The Morgan fingerprint density at radius 2 is 1.11 bits per heavy atom. The molecule has 0 radical (unpaired) electrons. The van der Waals surface area contributed by atoms with Gasteiger partial charge >= 0.3 is 0 Å². The number of hydrogen-bond donors (Lipinski definition) is 4. The lowest BCUT2D eigenvalue weighted by atomic mass is 9.57. The standard InChI is InChI=1S/C40H58O4/c1-29(17-13-19-31(3)21-22-36-33(5)25-34(41)26-37(36,6)7)15-11-12-16-30(2)18-14-20-32(4)23-24-40(44)38(8,9)27-35(42)28-39(40,10)43/h11-24,34-35,41-44H,25-28H2,1-10H3/b12-11+,17-13+,18-14+,22-21+,24-23+,29-15-,30-16+,31-19-,32-20+/t34-,35+,39+,40+/m1/s1. The molecule has 0 bridgehead atoms. The Kier molecular flexibility index (Phi) is 13.2. The van der Waals surface area contributed by atoms with E-state index >= 15 is 0 Å². The van der Waals surface area contributed by atoms with Crippen LogP contribution in [-0.4, -0.2) is 43.8 Å². The first kappa shape index (κ1) is 37.4. The van der Waals surface area contributed by atoms with Crippen molar-refractivity contribution in [2.45, 2.75) is 118 Å². The summed E-state index contributed by atoms with van der Waals surface area (Å²) in [6, 6.07) is 0. The normalized spacial score (nSPS) is 31.1. The van der Waals surface area contributed by atoms with Gasteiger partial charge < -0.3 is 20.4 Å². The molecule has 4 nitrogen and oxygen atoms in total. The third kappa shape index (κ3) is 10.4. The lowest BCUT2D eigenvalue weighted by Gasteiger charge is -2.54. The van der Waals surface area contributed by atoms with Crippen molar-refractivity contribution in [3.8, 4) is 0 Å². The van der Waals surface area contributed by atoms with Gasteiger partial charge in [0.05, 0.1) is 17.8 Å². The average molecular weight is 603 g/mol. The van der Waals surface area contributed by atoms with Crippen LogP contribution in [0.1, 0.15) is 94.9 Å². The molecule has 4 N–H and O–H groups in total. The predicted molar refractivity (Wildman–Crippen MR) is 187 cm³/mol. The summed E-state index contributed by atoms with van der Waals surface area (Å²) in [6.45, 7) is 20.1. The maximum absolute atomic E-state index is 11.4. The second kappa shape index (κ2) is 15.5. The van der Waals surface area contributed by atoms with Crippen molar-refractivity contribution in [1.82, 2.24) is 0 Å². The minimum atomic E-state index is -1.44. The van der Waals surface area contributed by atoms with Crippen molar-refractivity contribution in [3.63, 3.8) is 0 Å². The summed E-state index contributed by atoms with van der Waals surface area (Å²) in [6.07, 6.45) is 29.6. The van der Waals surface area contributed by atoms with Gasteiger partial charge in [-0.25, -0.2) is 0 Å². The Morgan fingerprint density at radius 3 is 1.61 bits per heavy atom. The average Bonchev–Trinajstić information content (AvgIpc) is 2.87. The van der Waals surface area contributed by atoms with E-state index in [2.05, 4.69) is 77.2 Å². The number of aliphatic hydroxyl groups is 4. The molecule has 0 unspecified atom stereocenters. The first-order valence-corrected chi connectivity index (χ1v) is 15.9. The molecule has 0 spiro atoms. The molecule has 0 amide bonds. The van der Waals surface area contributed by atoms with Crippen LogP contribution >= 0.6 is 0 Å². The topological polar surface area (TPSA) is 80.9 Å². The van der Waals surface area contributed by atoms with Crippen molar-refractivity contribution >= 4 is 0 Å². The van der Waals surface area contributed by atoms with E-state index in [1.54, 1.807) is 13.0 Å². The molecule has 0 aliphatic heterocycles. The molecule has 2 aliphatic rings. The van der Waals surface area contributed by atoms with E-state index in [9.17, 15) is 20.4 Å². The SMILES string of the molecule is CC1=C(/C=C/C(C)=C\C=C\C(C)=C/C=C/C=C(C)/C=C/C=C(C)/C=C/[C@]2(O)C(C)(C)C[C@H](O)C[C@]2(C)O)C(C)(C)C[C@H](O)C1. The first-order chi connectivity index (χ1) is 20.3. The Balaban J connectivity index is 1.94. The minimum absolute atomic E-state index is 0.0115. The molecule has 4 atom stereocenters. The fourth-order valence-electron chi connectivity index (χ4n) is 6.55. The quantitative estimate of drug-likeness (QED) is 0.189. The lowest BCUT2D eigenvalue weighted by Crippen LogP contribution is -2.65. The summed E-state index contributed by atoms with van der Waals surface area (Å²) < 4.78 is 0. The molecule has 4 heteroatoms. The van der Waals surface area contributed by atoms with Crippen molar-refractivity contribution in [2.75, 3.05) is 0 Å². The largest absolute Gasteiger partial charge is 0.393 e. The van der Waals surface area contributed by atoms with Crippen LogP contribution in [0, 0.1) is 10.8 Å². The van der Waals surface area contributed by atoms with Crippen LogP contribution in [0.3, 0.4) is 0 Å². The Labute approximate surface area is 267 Å². The fraction of sp³-hybridized carbons (Fsp3) is 0.500. The zero-order chi connectivity index (χ0) is 33.3. The summed E-state index contributed by atoms with van der Waals surface area (Å²) in [5.74, 6) is 0. The summed E-state index contributed by atoms with van der Waals surface area (Å²) in [5, 5.41) is 42.6. The van der Waals surface area contributed by atoms with E-state index in [4.69, 9.17) is 0 Å². The van der Waals surface area contributed by atoms with E-state index in [0.717, 1.165) is 29.6 Å². The smallest absolute Gasteiger partial charge is 0.117 e. The van der Waals surface area contributed by atoms with Crippen LogP contribution in [0.5, 0.6) is 0 Å². The fourth-order valence-corrected chi connectivity index (χ4v) is 6.55. The van der Waals surface area contributed by atoms with Crippen LogP contribution in [0.25, 0.3) is 0 Å². The number of aliphatic hydroxyl groups excluding tert-OH is 2. The molecular weight excluding hydrogens is 544 g/mol. The second-order valence-corrected chi connectivity index (χ2v) is 14.5. The zero-order valence-electron chi connectivity index (χ0n) is 28.9. The van der Waals surface area contributed by atoms with Crippen molar-refractivity contribution in [3.05, 3.63) is 119 Å². The van der Waals surface area contributed by atoms with E-state index in [0.29, 0.717) is 6.42 Å². The van der Waals surface area contributed by atoms with Crippen LogP contribution < -0.4 is 0 Å². The molecule has 242 valence electrons. The lowest BCUT2D eigenvalue weighted by molar-refractivity contribution is -0.216. The van der Waals surface area contributed by atoms with Gasteiger partial charge in [-0.05, 0) is 77.9 Å². The highest BCUT2D eigenvalue weighted by atomic mass is 16.4. The maximum atomic E-state index is 11.4. The molecular formula is C40H58O4. The minimum Gasteiger partial charge on any atom is -0.393 e. The van der Waals surface area contributed by atoms with Gasteiger partial charge in [-0.15, -0.1) is 0 Å². The first-order valence-electron chi connectivity index (χ1n) is 15.9. The maximum Gasteiger partial charge on any atom is 0.117 e. The van der Waals surface area contributed by atoms with Gasteiger partial charge in [-0.3, -0.25) is 0 Å². The van der Waals surface area contributed by atoms with E-state index in [1.807, 2.05) is 64.2 Å². The number of hydrogen-bond acceptors (Lipinski definition) is 4. The van der Waals surface area contributed by atoms with Crippen LogP contribution in [-0.2, 0) is 0 Å². The molecule has 0 heterocycles. The number of allylic oxidation sites excluding steroid dienone is 18. The zero-order valence-corrected chi connectivity index (χ0v) is 28.9. The van der Waals surface area contributed by atoms with Crippen molar-refractivity contribution in [2.24, 2.45) is 10.8 Å². The monoisotopic (exact) mass is 602 g/mol. The van der Waals surface area contributed by atoms with Gasteiger partial charge in [-0.2, -0.15) is 0 Å². The van der Waals surface area contributed by atoms with Crippen molar-refractivity contribution in [1.29, 1.82) is 0 Å². The molecule has 1 fully saturated rings. The summed E-state index contributed by atoms with van der Waals surface area (Å²) in [4.78, 5) is 0. The Hall–Kier alpha value is -2.76. The molecule has 2 rings (SSSR count). The van der Waals surface area contributed by atoms with E-state index in [1.165, 1.54) is 16.7 Å². The highest BCUT2D eigenvalue weighted by Gasteiger charge is 2.58. The third-order valence-corrected chi connectivity index (χ3v) is 9.07.